The molecule has 3 fully saturated rings. The first kappa shape index (κ1) is 16.7. The van der Waals surface area contributed by atoms with Gasteiger partial charge in [-0.1, -0.05) is 0 Å². The molecule has 6 nitrogen and oxygen atoms in total. The van der Waals surface area contributed by atoms with Crippen molar-refractivity contribution in [1.29, 1.82) is 0 Å². The number of fused-ring (bicyclic) bond motifs is 1. The summed E-state index contributed by atoms with van der Waals surface area (Å²) in [4.78, 5) is 26.2. The van der Waals surface area contributed by atoms with Gasteiger partial charge in [-0.25, -0.2) is 9.18 Å². The molecule has 2 atom stereocenters. The summed E-state index contributed by atoms with van der Waals surface area (Å²) in [6.45, 7) is 3.31. The fourth-order valence-electron chi connectivity index (χ4n) is 4.82. The summed E-state index contributed by atoms with van der Waals surface area (Å²) in [7, 11) is 0. The molecule has 0 bridgehead atoms. The molecule has 2 saturated carbocycles. The highest BCUT2D eigenvalue weighted by atomic mass is 19.1. The number of halogens is 1. The molecule has 2 aliphatic carbocycles. The Balaban J connectivity index is 1.73. The van der Waals surface area contributed by atoms with Crippen LogP contribution in [-0.4, -0.2) is 34.6 Å². The van der Waals surface area contributed by atoms with Crippen LogP contribution in [-0.2, 0) is 0 Å². The number of carboxylic acids is 1. The minimum absolute atomic E-state index is 0.108. The van der Waals surface area contributed by atoms with Crippen molar-refractivity contribution in [3.63, 3.8) is 0 Å². The molecular formula is C20H22FN3O3. The number of hydrogen-bond acceptors (Lipinski definition) is 4. The van der Waals surface area contributed by atoms with Crippen LogP contribution in [0.5, 0.6) is 0 Å². The van der Waals surface area contributed by atoms with E-state index in [1.807, 2.05) is 11.8 Å². The summed E-state index contributed by atoms with van der Waals surface area (Å²) < 4.78 is 16.3. The number of aromatic nitrogens is 1. The van der Waals surface area contributed by atoms with E-state index >= 15 is 4.39 Å². The van der Waals surface area contributed by atoms with Crippen LogP contribution < -0.4 is 16.2 Å². The summed E-state index contributed by atoms with van der Waals surface area (Å²) in [6, 6.07) is 1.68. The lowest BCUT2D eigenvalue weighted by atomic mass is 10.0. The van der Waals surface area contributed by atoms with Gasteiger partial charge in [-0.05, 0) is 55.7 Å². The molecule has 1 saturated heterocycles. The topological polar surface area (TPSA) is 88.0 Å². The molecule has 0 aromatic carbocycles. The minimum atomic E-state index is -1.28. The molecule has 7 heteroatoms. The molecular weight excluding hydrogens is 349 g/mol. The number of carboxylic acid groups (broad SMARTS) is 1. The molecule has 3 N–H and O–H groups in total. The largest absolute Gasteiger partial charge is 0.477 e. The fraction of sp³-hybridized carbons (Fsp3) is 0.500. The van der Waals surface area contributed by atoms with Crippen molar-refractivity contribution in [3.05, 3.63) is 45.1 Å². The third kappa shape index (κ3) is 2.34. The van der Waals surface area contributed by atoms with E-state index in [0.29, 0.717) is 16.8 Å². The summed E-state index contributed by atoms with van der Waals surface area (Å²) in [5.74, 6) is -1.53. The first-order valence-corrected chi connectivity index (χ1v) is 9.44. The zero-order chi connectivity index (χ0) is 19.1. The van der Waals surface area contributed by atoms with E-state index in [2.05, 4.69) is 0 Å². The van der Waals surface area contributed by atoms with Crippen molar-refractivity contribution < 1.29 is 14.3 Å². The SMILES string of the molecule is Cc1c(N2CC[C@@]3(C[C@@H]3N)C2)c(F)cn2c(=O)c(C(=O)O)cc(C3CC3)c12. The van der Waals surface area contributed by atoms with Crippen LogP contribution >= 0.6 is 0 Å². The van der Waals surface area contributed by atoms with Gasteiger partial charge in [0.1, 0.15) is 5.56 Å². The Labute approximate surface area is 155 Å². The van der Waals surface area contributed by atoms with Crippen molar-refractivity contribution in [2.24, 2.45) is 11.1 Å². The first-order valence-electron chi connectivity index (χ1n) is 9.44. The van der Waals surface area contributed by atoms with Crippen molar-refractivity contribution >= 4 is 17.2 Å². The molecule has 0 amide bonds. The number of pyridine rings is 2. The summed E-state index contributed by atoms with van der Waals surface area (Å²) >= 11 is 0. The van der Waals surface area contributed by atoms with E-state index < -0.39 is 17.3 Å². The molecule has 142 valence electrons. The Morgan fingerprint density at radius 1 is 1.41 bits per heavy atom. The standard InChI is InChI=1S/C20H22FN3O3/c1-10-16-12(11-2-3-11)6-13(19(26)27)18(25)24(16)8-14(21)17(10)23-5-4-20(9-23)7-15(20)22/h6,8,11,15H,2-5,7,9,22H2,1H3,(H,26,27)/t15-,20+/m0/s1. The van der Waals surface area contributed by atoms with Crippen molar-refractivity contribution in [1.82, 2.24) is 4.40 Å². The number of carbonyl (C=O) groups is 1. The zero-order valence-corrected chi connectivity index (χ0v) is 15.2. The molecule has 0 radical (unpaired) electrons. The summed E-state index contributed by atoms with van der Waals surface area (Å²) in [6.07, 6.45) is 5.02. The van der Waals surface area contributed by atoms with Crippen molar-refractivity contribution in [2.75, 3.05) is 18.0 Å². The van der Waals surface area contributed by atoms with Gasteiger partial charge in [-0.3, -0.25) is 9.20 Å². The van der Waals surface area contributed by atoms with E-state index in [9.17, 15) is 14.7 Å². The fourth-order valence-corrected chi connectivity index (χ4v) is 4.82. The molecule has 1 aliphatic heterocycles. The van der Waals surface area contributed by atoms with Crippen LogP contribution in [0.15, 0.2) is 17.1 Å². The van der Waals surface area contributed by atoms with Gasteiger partial charge >= 0.3 is 5.97 Å². The van der Waals surface area contributed by atoms with E-state index in [4.69, 9.17) is 5.73 Å². The lowest BCUT2D eigenvalue weighted by molar-refractivity contribution is 0.0694. The van der Waals surface area contributed by atoms with Gasteiger partial charge in [0, 0.05) is 24.5 Å². The predicted molar refractivity (Wildman–Crippen MR) is 99.2 cm³/mol. The molecule has 1 spiro atoms. The smallest absolute Gasteiger partial charge is 0.341 e. The Morgan fingerprint density at radius 2 is 2.11 bits per heavy atom. The molecule has 3 aliphatic rings. The van der Waals surface area contributed by atoms with E-state index in [0.717, 1.165) is 50.5 Å². The molecule has 0 unspecified atom stereocenters. The number of aryl methyl sites for hydroxylation is 1. The third-order valence-corrected chi connectivity index (χ3v) is 6.64. The molecule has 3 heterocycles. The average molecular weight is 371 g/mol. The quantitative estimate of drug-likeness (QED) is 0.864. The van der Waals surface area contributed by atoms with Crippen LogP contribution in [0.1, 0.15) is 53.1 Å². The molecule has 5 rings (SSSR count). The van der Waals surface area contributed by atoms with Gasteiger partial charge in [-0.15, -0.1) is 0 Å². The predicted octanol–water partition coefficient (Wildman–Crippen LogP) is 2.25. The Bertz CT molecular complexity index is 1060. The Hall–Kier alpha value is -2.41. The highest BCUT2D eigenvalue weighted by Crippen LogP contribution is 2.53. The third-order valence-electron chi connectivity index (χ3n) is 6.64. The number of hydrogen-bond donors (Lipinski definition) is 2. The highest BCUT2D eigenvalue weighted by molar-refractivity contribution is 5.89. The van der Waals surface area contributed by atoms with Crippen LogP contribution in [0.3, 0.4) is 0 Å². The first-order chi connectivity index (χ1) is 12.8. The van der Waals surface area contributed by atoms with Crippen LogP contribution in [0.4, 0.5) is 10.1 Å². The Kier molecular flexibility index (Phi) is 3.30. The van der Waals surface area contributed by atoms with Gasteiger partial charge in [0.25, 0.3) is 5.56 Å². The number of rotatable bonds is 3. The second-order valence-electron chi connectivity index (χ2n) is 8.41. The van der Waals surface area contributed by atoms with Crippen molar-refractivity contribution in [3.8, 4) is 0 Å². The van der Waals surface area contributed by atoms with Gasteiger partial charge in [0.2, 0.25) is 0 Å². The number of aromatic carboxylic acids is 1. The number of nitrogens with two attached hydrogens (primary N) is 1. The zero-order valence-electron chi connectivity index (χ0n) is 15.2. The van der Waals surface area contributed by atoms with Crippen molar-refractivity contribution in [2.45, 2.75) is 44.6 Å². The normalized spacial score (nSPS) is 26.9. The monoisotopic (exact) mass is 371 g/mol. The van der Waals surface area contributed by atoms with E-state index in [-0.39, 0.29) is 22.9 Å². The van der Waals surface area contributed by atoms with Gasteiger partial charge in [-0.2, -0.15) is 0 Å². The maximum atomic E-state index is 15.1. The van der Waals surface area contributed by atoms with Gasteiger partial charge in [0.05, 0.1) is 17.4 Å². The second-order valence-corrected chi connectivity index (χ2v) is 8.41. The van der Waals surface area contributed by atoms with E-state index in [1.54, 1.807) is 0 Å². The number of nitrogens with zero attached hydrogens (tertiary/aromatic N) is 2. The van der Waals surface area contributed by atoms with Gasteiger partial charge < -0.3 is 15.7 Å². The lowest BCUT2D eigenvalue weighted by Gasteiger charge is -2.24. The second kappa shape index (κ2) is 5.32. The van der Waals surface area contributed by atoms with Gasteiger partial charge in [0.15, 0.2) is 5.82 Å². The van der Waals surface area contributed by atoms with Crippen LogP contribution in [0.25, 0.3) is 5.52 Å². The highest BCUT2D eigenvalue weighted by Gasteiger charge is 2.55. The lowest BCUT2D eigenvalue weighted by Crippen LogP contribution is -2.28. The molecule has 27 heavy (non-hydrogen) atoms. The van der Waals surface area contributed by atoms with E-state index in [1.165, 1.54) is 10.5 Å². The minimum Gasteiger partial charge on any atom is -0.477 e. The number of anilines is 1. The summed E-state index contributed by atoms with van der Waals surface area (Å²) in [5.41, 5.74) is 7.93. The van der Waals surface area contributed by atoms with Crippen LogP contribution in [0.2, 0.25) is 0 Å². The summed E-state index contributed by atoms with van der Waals surface area (Å²) in [5, 5.41) is 9.38. The molecule has 2 aromatic heterocycles. The van der Waals surface area contributed by atoms with Crippen LogP contribution in [0, 0.1) is 18.2 Å². The maximum absolute atomic E-state index is 15.1. The average Bonchev–Trinajstić information content (AvgIpc) is 3.49. The maximum Gasteiger partial charge on any atom is 0.341 e. The Morgan fingerprint density at radius 3 is 2.67 bits per heavy atom. The molecule has 2 aromatic rings.